The molecule has 0 saturated carbocycles. The Balaban J connectivity index is 2.74. The van der Waals surface area contributed by atoms with Crippen molar-refractivity contribution in [1.82, 2.24) is 0 Å². The summed E-state index contributed by atoms with van der Waals surface area (Å²) in [6.07, 6.45) is -0.691. The van der Waals surface area contributed by atoms with Gasteiger partial charge >= 0.3 is 14.7 Å². The molecule has 0 aromatic heterocycles. The molecule has 106 valence electrons. The van der Waals surface area contributed by atoms with Crippen LogP contribution in [0.4, 0.5) is 4.79 Å². The Hall–Kier alpha value is -1.33. The smallest absolute Gasteiger partial charge is 0.463 e. The molecule has 0 atom stereocenters. The molecule has 5 heteroatoms. The summed E-state index contributed by atoms with van der Waals surface area (Å²) in [6.45, 7) is 9.25. The highest BCUT2D eigenvalue weighted by atomic mass is 28.4. The lowest BCUT2D eigenvalue weighted by atomic mass is 9.97. The Bertz CT molecular complexity index is 437. The van der Waals surface area contributed by atoms with E-state index in [9.17, 15) is 4.79 Å². The molecule has 1 aromatic rings. The summed E-state index contributed by atoms with van der Waals surface area (Å²) >= 11 is 0. The molecule has 1 rings (SSSR count). The molecule has 0 radical (unpaired) electrons. The number of hydrogen-bond acceptors (Lipinski definition) is 4. The Morgan fingerprint density at radius 2 is 1.68 bits per heavy atom. The van der Waals surface area contributed by atoms with Crippen LogP contribution in [0, 0.1) is 6.92 Å². The summed E-state index contributed by atoms with van der Waals surface area (Å²) < 4.78 is 15.8. The molecule has 0 amide bonds. The fourth-order valence-electron chi connectivity index (χ4n) is 1.49. The van der Waals surface area contributed by atoms with Gasteiger partial charge in [-0.1, -0.05) is 29.8 Å². The van der Waals surface area contributed by atoms with Crippen LogP contribution in [0.25, 0.3) is 0 Å². The molecule has 0 spiro atoms. The zero-order valence-electron chi connectivity index (χ0n) is 12.4. The fraction of sp³-hybridized carbons (Fsp3) is 0.500. The Labute approximate surface area is 115 Å². The zero-order chi connectivity index (χ0) is 14.7. The lowest BCUT2D eigenvalue weighted by molar-refractivity contribution is -0.000119. The standard InChI is InChI=1S/C14H22O4Si/c1-11-7-9-12(10-8-11)14(2,3)17-13(15)18-19(5,6)16-4/h7-10H,1-6H3. The number of benzene rings is 1. The molecule has 19 heavy (non-hydrogen) atoms. The molecule has 0 bridgehead atoms. The van der Waals surface area contributed by atoms with Crippen molar-refractivity contribution in [2.45, 2.75) is 39.5 Å². The van der Waals surface area contributed by atoms with Gasteiger partial charge in [0.15, 0.2) is 0 Å². The average Bonchev–Trinajstić information content (AvgIpc) is 2.28. The van der Waals surface area contributed by atoms with Crippen LogP contribution in [0.1, 0.15) is 25.0 Å². The van der Waals surface area contributed by atoms with Gasteiger partial charge in [0.1, 0.15) is 5.60 Å². The SMILES string of the molecule is CO[Si](C)(C)OC(=O)OC(C)(C)c1ccc(C)cc1. The zero-order valence-corrected chi connectivity index (χ0v) is 13.4. The van der Waals surface area contributed by atoms with E-state index in [1.807, 2.05) is 45.0 Å². The lowest BCUT2D eigenvalue weighted by Crippen LogP contribution is -2.38. The summed E-state index contributed by atoms with van der Waals surface area (Å²) in [5.74, 6) is 0. The van der Waals surface area contributed by atoms with Crippen LogP contribution >= 0.6 is 0 Å². The van der Waals surface area contributed by atoms with E-state index in [-0.39, 0.29) is 0 Å². The van der Waals surface area contributed by atoms with Gasteiger partial charge in [0.25, 0.3) is 0 Å². The van der Waals surface area contributed by atoms with E-state index in [4.69, 9.17) is 13.6 Å². The Morgan fingerprint density at radius 3 is 2.16 bits per heavy atom. The number of ether oxygens (including phenoxy) is 1. The molecule has 0 N–H and O–H groups in total. The quantitative estimate of drug-likeness (QED) is 0.623. The molecule has 4 nitrogen and oxygen atoms in total. The van der Waals surface area contributed by atoms with Gasteiger partial charge in [0.05, 0.1) is 0 Å². The molecule has 0 unspecified atom stereocenters. The molecule has 0 aliphatic carbocycles. The van der Waals surface area contributed by atoms with Gasteiger partial charge < -0.3 is 13.6 Å². The van der Waals surface area contributed by atoms with E-state index in [0.717, 1.165) is 11.1 Å². The Morgan fingerprint density at radius 1 is 1.16 bits per heavy atom. The highest BCUT2D eigenvalue weighted by Crippen LogP contribution is 2.26. The first-order chi connectivity index (χ1) is 8.66. The fourth-order valence-corrected chi connectivity index (χ4v) is 2.01. The number of rotatable bonds is 4. The number of aryl methyl sites for hydroxylation is 1. The molecule has 1 aromatic carbocycles. The minimum absolute atomic E-state index is 0.691. The minimum atomic E-state index is -2.42. The summed E-state index contributed by atoms with van der Waals surface area (Å²) in [5, 5.41) is 0. The average molecular weight is 282 g/mol. The van der Waals surface area contributed by atoms with Gasteiger partial charge in [-0.15, -0.1) is 0 Å². The molecule has 0 fully saturated rings. The summed E-state index contributed by atoms with van der Waals surface area (Å²) in [4.78, 5) is 11.8. The van der Waals surface area contributed by atoms with Gasteiger partial charge in [-0.05, 0) is 39.4 Å². The van der Waals surface area contributed by atoms with E-state index in [1.54, 1.807) is 13.1 Å². The molecule has 0 aliphatic heterocycles. The van der Waals surface area contributed by atoms with Crippen LogP contribution in [0.15, 0.2) is 24.3 Å². The number of carbonyl (C=O) groups excluding carboxylic acids is 1. The second kappa shape index (κ2) is 5.75. The third-order valence-corrected chi connectivity index (χ3v) is 4.55. The van der Waals surface area contributed by atoms with E-state index in [2.05, 4.69) is 0 Å². The summed E-state index contributed by atoms with van der Waals surface area (Å²) in [5.41, 5.74) is 1.35. The predicted octanol–water partition coefficient (Wildman–Crippen LogP) is 3.73. The van der Waals surface area contributed by atoms with E-state index in [0.29, 0.717) is 0 Å². The lowest BCUT2D eigenvalue weighted by Gasteiger charge is -2.28. The van der Waals surface area contributed by atoms with Crippen molar-refractivity contribution in [3.05, 3.63) is 35.4 Å². The first-order valence-electron chi connectivity index (χ1n) is 6.20. The third kappa shape index (κ3) is 4.68. The predicted molar refractivity (Wildman–Crippen MR) is 76.3 cm³/mol. The normalized spacial score (nSPS) is 12.1. The van der Waals surface area contributed by atoms with Gasteiger partial charge in [0, 0.05) is 7.11 Å². The van der Waals surface area contributed by atoms with Crippen molar-refractivity contribution in [2.75, 3.05) is 7.11 Å². The van der Waals surface area contributed by atoms with Gasteiger partial charge in [-0.3, -0.25) is 0 Å². The number of carbonyl (C=O) groups is 1. The van der Waals surface area contributed by atoms with Gasteiger partial charge in [-0.2, -0.15) is 0 Å². The van der Waals surface area contributed by atoms with Crippen molar-refractivity contribution in [3.8, 4) is 0 Å². The van der Waals surface area contributed by atoms with Crippen molar-refractivity contribution in [2.24, 2.45) is 0 Å². The van der Waals surface area contributed by atoms with E-state index >= 15 is 0 Å². The van der Waals surface area contributed by atoms with E-state index < -0.39 is 20.3 Å². The first-order valence-corrected chi connectivity index (χ1v) is 9.02. The number of hydrogen-bond donors (Lipinski definition) is 0. The van der Waals surface area contributed by atoms with Crippen molar-refractivity contribution >= 4 is 14.7 Å². The van der Waals surface area contributed by atoms with Crippen molar-refractivity contribution < 1.29 is 18.4 Å². The van der Waals surface area contributed by atoms with Crippen LogP contribution < -0.4 is 0 Å². The van der Waals surface area contributed by atoms with Crippen LogP contribution in [0.2, 0.25) is 13.1 Å². The highest BCUT2D eigenvalue weighted by molar-refractivity contribution is 6.66. The largest absolute Gasteiger partial charge is 0.496 e. The summed E-state index contributed by atoms with van der Waals surface area (Å²) in [6, 6.07) is 7.86. The molecular formula is C14H22O4Si. The second-order valence-electron chi connectivity index (χ2n) is 5.43. The first kappa shape index (κ1) is 15.7. The van der Waals surface area contributed by atoms with E-state index in [1.165, 1.54) is 7.11 Å². The monoisotopic (exact) mass is 282 g/mol. The maximum absolute atomic E-state index is 11.8. The van der Waals surface area contributed by atoms with Crippen LogP contribution in [0.3, 0.4) is 0 Å². The van der Waals surface area contributed by atoms with Crippen molar-refractivity contribution in [1.29, 1.82) is 0 Å². The topological polar surface area (TPSA) is 44.8 Å². The van der Waals surface area contributed by atoms with Crippen molar-refractivity contribution in [3.63, 3.8) is 0 Å². The molecule has 0 heterocycles. The highest BCUT2D eigenvalue weighted by Gasteiger charge is 2.32. The van der Waals surface area contributed by atoms with Gasteiger partial charge in [0.2, 0.25) is 0 Å². The minimum Gasteiger partial charge on any atom is -0.463 e. The molecule has 0 aliphatic rings. The van der Waals surface area contributed by atoms with Crippen LogP contribution in [-0.4, -0.2) is 21.8 Å². The van der Waals surface area contributed by atoms with Gasteiger partial charge in [-0.25, -0.2) is 4.79 Å². The van der Waals surface area contributed by atoms with Crippen LogP contribution in [-0.2, 0) is 19.2 Å². The maximum atomic E-state index is 11.8. The summed E-state index contributed by atoms with van der Waals surface area (Å²) in [7, 11) is -0.892. The maximum Gasteiger partial charge on any atom is 0.496 e. The molecule has 0 saturated heterocycles. The molecular weight excluding hydrogens is 260 g/mol. The second-order valence-corrected chi connectivity index (χ2v) is 8.85. The van der Waals surface area contributed by atoms with Crippen LogP contribution in [0.5, 0.6) is 0 Å². The Kier molecular flexibility index (Phi) is 4.76. The third-order valence-electron chi connectivity index (χ3n) is 2.91.